The fourth-order valence-electron chi connectivity index (χ4n) is 6.13. The Balaban J connectivity index is 2.12. The van der Waals surface area contributed by atoms with Gasteiger partial charge in [-0.05, 0) is 83.7 Å². The number of esters is 1. The zero-order chi connectivity index (χ0) is 39.9. The lowest BCUT2D eigenvalue weighted by molar-refractivity contribution is -0.159. The Morgan fingerprint density at radius 1 is 0.704 bits per heavy atom. The number of amides is 3. The molecule has 3 aromatic rings. The number of phenols is 1. The van der Waals surface area contributed by atoms with Crippen LogP contribution >= 0.6 is 0 Å². The highest BCUT2D eigenvalue weighted by Crippen LogP contribution is 2.26. The average Bonchev–Trinajstić information content (AvgIpc) is 3.08. The number of ether oxygens (including phenoxy) is 2. The molecule has 10 heteroatoms. The third kappa shape index (κ3) is 15.2. The van der Waals surface area contributed by atoms with Gasteiger partial charge in [0.1, 0.15) is 35.1 Å². The Hall–Kier alpha value is -4.86. The van der Waals surface area contributed by atoms with E-state index in [0.29, 0.717) is 17.5 Å². The smallest absolute Gasteiger partial charge is 0.408 e. The lowest BCUT2D eigenvalue weighted by Gasteiger charge is -2.35. The summed E-state index contributed by atoms with van der Waals surface area (Å²) in [6.45, 7) is 14.8. The fourth-order valence-corrected chi connectivity index (χ4v) is 6.13. The summed E-state index contributed by atoms with van der Waals surface area (Å²) in [6.07, 6.45) is 5.17. The molecule has 54 heavy (non-hydrogen) atoms. The highest BCUT2D eigenvalue weighted by Gasteiger charge is 2.38. The first-order chi connectivity index (χ1) is 25.5. The second-order valence-corrected chi connectivity index (χ2v) is 16.0. The number of hydrogen-bond acceptors (Lipinski definition) is 7. The van der Waals surface area contributed by atoms with Gasteiger partial charge in [-0.25, -0.2) is 9.59 Å². The number of nitrogens with one attached hydrogen (secondary N) is 2. The number of nitrogens with zero attached hydrogens (tertiary/aromatic N) is 1. The minimum absolute atomic E-state index is 0.0673. The van der Waals surface area contributed by atoms with Crippen LogP contribution in [-0.2, 0) is 36.7 Å². The van der Waals surface area contributed by atoms with Crippen LogP contribution in [0.5, 0.6) is 5.75 Å². The van der Waals surface area contributed by atoms with Crippen molar-refractivity contribution in [3.05, 3.63) is 101 Å². The second kappa shape index (κ2) is 20.6. The largest absolute Gasteiger partial charge is 0.508 e. The van der Waals surface area contributed by atoms with Crippen LogP contribution in [-0.4, -0.2) is 63.7 Å². The fraction of sp³-hybridized carbons (Fsp3) is 0.500. The topological polar surface area (TPSA) is 134 Å². The summed E-state index contributed by atoms with van der Waals surface area (Å²) in [5.41, 5.74) is 1.34. The van der Waals surface area contributed by atoms with Gasteiger partial charge in [0.15, 0.2) is 0 Å². The molecule has 3 amide bonds. The number of phenolic OH excluding ortho intramolecular Hbond substituents is 1. The number of carbonyl (C=O) groups excluding carboxylic acids is 4. The van der Waals surface area contributed by atoms with E-state index < -0.39 is 53.2 Å². The number of aryl methyl sites for hydroxylation is 1. The van der Waals surface area contributed by atoms with Crippen molar-refractivity contribution in [2.45, 2.75) is 136 Å². The molecule has 0 fully saturated rings. The molecule has 3 atom stereocenters. The summed E-state index contributed by atoms with van der Waals surface area (Å²) in [7, 11) is 0. The number of aromatic hydroxyl groups is 1. The van der Waals surface area contributed by atoms with Crippen LogP contribution in [0.15, 0.2) is 78.9 Å². The number of hydrogen-bond donors (Lipinski definition) is 3. The molecule has 0 spiro atoms. The number of alkyl carbamates (subject to hydrolysis) is 1. The summed E-state index contributed by atoms with van der Waals surface area (Å²) in [6, 6.07) is 19.9. The summed E-state index contributed by atoms with van der Waals surface area (Å²) in [4.78, 5) is 58.3. The maximum atomic E-state index is 15.0. The van der Waals surface area contributed by atoms with Crippen molar-refractivity contribution < 1.29 is 33.8 Å². The monoisotopic (exact) mass is 743 g/mol. The molecular weight excluding hydrogens is 682 g/mol. The van der Waals surface area contributed by atoms with Crippen LogP contribution in [0.25, 0.3) is 0 Å². The number of carbonyl (C=O) groups is 4. The first-order valence-corrected chi connectivity index (χ1v) is 19.2. The van der Waals surface area contributed by atoms with E-state index in [2.05, 4.69) is 17.6 Å². The van der Waals surface area contributed by atoms with E-state index in [0.717, 1.165) is 43.2 Å². The van der Waals surface area contributed by atoms with Gasteiger partial charge < -0.3 is 30.1 Å². The van der Waals surface area contributed by atoms with E-state index in [9.17, 15) is 19.5 Å². The normalized spacial score (nSPS) is 13.3. The van der Waals surface area contributed by atoms with Crippen molar-refractivity contribution in [2.75, 3.05) is 6.54 Å². The standard InChI is InChI=1S/C44H61N3O7/c1-9-10-11-12-13-17-27-47(40(50)36(46-42(52)54-44(6,7)8)29-33-23-25-35(48)26-24-33)38(34-22-18-19-31(2)28-34)39(49)45-37(41(51)53-43(3,4)5)30-32-20-15-14-16-21-32/h14-16,18-26,28,36-38,48H,9-13,17,27,29-30H2,1-8H3,(H,45,49)(H,46,52). The van der Waals surface area contributed by atoms with Crippen LogP contribution in [0.1, 0.15) is 115 Å². The van der Waals surface area contributed by atoms with E-state index in [1.807, 2.05) is 55.5 Å². The van der Waals surface area contributed by atoms with Crippen molar-refractivity contribution in [1.82, 2.24) is 15.5 Å². The molecular formula is C44H61N3O7. The predicted molar refractivity (Wildman–Crippen MR) is 212 cm³/mol. The molecule has 3 aromatic carbocycles. The van der Waals surface area contributed by atoms with Gasteiger partial charge in [-0.15, -0.1) is 0 Å². The SMILES string of the molecule is CCCCCCCCN(C(=O)C(Cc1ccc(O)cc1)NC(=O)OC(C)(C)C)C(C(=O)NC(Cc1ccccc1)C(=O)OC(C)(C)C)c1cccc(C)c1. The Labute approximate surface area is 322 Å². The molecule has 3 N–H and O–H groups in total. The summed E-state index contributed by atoms with van der Waals surface area (Å²) in [5, 5.41) is 15.7. The molecule has 0 aliphatic heterocycles. The molecule has 0 saturated carbocycles. The van der Waals surface area contributed by atoms with Gasteiger partial charge >= 0.3 is 12.1 Å². The van der Waals surface area contributed by atoms with Gasteiger partial charge in [0.2, 0.25) is 11.8 Å². The van der Waals surface area contributed by atoms with Gasteiger partial charge in [0.05, 0.1) is 0 Å². The molecule has 0 aliphatic carbocycles. The highest BCUT2D eigenvalue weighted by atomic mass is 16.6. The van der Waals surface area contributed by atoms with Crippen LogP contribution in [0.3, 0.4) is 0 Å². The lowest BCUT2D eigenvalue weighted by atomic mass is 9.97. The maximum absolute atomic E-state index is 15.0. The van der Waals surface area contributed by atoms with Crippen molar-refractivity contribution >= 4 is 23.9 Å². The van der Waals surface area contributed by atoms with Crippen LogP contribution < -0.4 is 10.6 Å². The molecule has 0 aliphatic rings. The van der Waals surface area contributed by atoms with E-state index in [1.54, 1.807) is 59.7 Å². The van der Waals surface area contributed by atoms with Gasteiger partial charge in [0.25, 0.3) is 0 Å². The zero-order valence-electron chi connectivity index (χ0n) is 33.4. The van der Waals surface area contributed by atoms with Gasteiger partial charge in [0, 0.05) is 19.4 Å². The van der Waals surface area contributed by atoms with Crippen molar-refractivity contribution in [3.8, 4) is 5.75 Å². The molecule has 0 heterocycles. The molecule has 294 valence electrons. The third-order valence-electron chi connectivity index (χ3n) is 8.61. The quantitative estimate of drug-likeness (QED) is 0.0885. The molecule has 0 radical (unpaired) electrons. The van der Waals surface area contributed by atoms with Crippen molar-refractivity contribution in [3.63, 3.8) is 0 Å². The minimum atomic E-state index is -1.16. The third-order valence-corrected chi connectivity index (χ3v) is 8.61. The van der Waals surface area contributed by atoms with Gasteiger partial charge in [-0.3, -0.25) is 9.59 Å². The van der Waals surface area contributed by atoms with Crippen molar-refractivity contribution in [1.29, 1.82) is 0 Å². The number of rotatable bonds is 18. The summed E-state index contributed by atoms with van der Waals surface area (Å²) < 4.78 is 11.4. The second-order valence-electron chi connectivity index (χ2n) is 16.0. The zero-order valence-corrected chi connectivity index (χ0v) is 33.4. The van der Waals surface area contributed by atoms with Crippen LogP contribution in [0.4, 0.5) is 4.79 Å². The molecule has 3 unspecified atom stereocenters. The summed E-state index contributed by atoms with van der Waals surface area (Å²) >= 11 is 0. The predicted octanol–water partition coefficient (Wildman–Crippen LogP) is 8.14. The summed E-state index contributed by atoms with van der Waals surface area (Å²) in [5.74, 6) is -1.56. The Bertz CT molecular complexity index is 1650. The van der Waals surface area contributed by atoms with E-state index in [-0.39, 0.29) is 25.1 Å². The van der Waals surface area contributed by atoms with Gasteiger partial charge in [-0.2, -0.15) is 0 Å². The minimum Gasteiger partial charge on any atom is -0.508 e. The van der Waals surface area contributed by atoms with E-state index in [1.165, 1.54) is 17.0 Å². The molecule has 0 saturated heterocycles. The van der Waals surface area contributed by atoms with Gasteiger partial charge in [-0.1, -0.05) is 111 Å². The van der Waals surface area contributed by atoms with Crippen LogP contribution in [0, 0.1) is 6.92 Å². The number of benzene rings is 3. The highest BCUT2D eigenvalue weighted by molar-refractivity contribution is 5.94. The van der Waals surface area contributed by atoms with Crippen LogP contribution in [0.2, 0.25) is 0 Å². The maximum Gasteiger partial charge on any atom is 0.408 e. The molecule has 0 bridgehead atoms. The lowest BCUT2D eigenvalue weighted by Crippen LogP contribution is -2.55. The molecule has 3 rings (SSSR count). The molecule has 10 nitrogen and oxygen atoms in total. The Kier molecular flexibility index (Phi) is 16.6. The van der Waals surface area contributed by atoms with E-state index >= 15 is 4.79 Å². The first-order valence-electron chi connectivity index (χ1n) is 19.2. The van der Waals surface area contributed by atoms with E-state index in [4.69, 9.17) is 9.47 Å². The van der Waals surface area contributed by atoms with Crippen molar-refractivity contribution in [2.24, 2.45) is 0 Å². The average molecular weight is 744 g/mol. The Morgan fingerprint density at radius 2 is 1.30 bits per heavy atom. The Morgan fingerprint density at radius 3 is 1.91 bits per heavy atom. The number of unbranched alkanes of at least 4 members (excludes halogenated alkanes) is 5. The molecule has 0 aromatic heterocycles. The first kappa shape index (κ1) is 43.5.